The second-order valence-electron chi connectivity index (χ2n) is 9.72. The molecule has 216 valence electrons. The maximum Gasteiger partial charge on any atom is 0.394 e. The van der Waals surface area contributed by atoms with E-state index in [2.05, 4.69) is 72.2 Å². The topological polar surface area (TPSA) is 187 Å². The predicted molar refractivity (Wildman–Crippen MR) is 154 cm³/mol. The standard InChI is InChI=1S/2C13H20N4.H2O4S/c2*1-11-2-4-12(5-3-11)10-16-6-8-17(9-7-16)13(14)15;1-5(2,3)4/h2*2-5H,6-10H2,1H3,(H3,14,15);(H2,1,2,3,4). The SMILES string of the molecule is Cc1ccc(CN2CCN(C(=N)N)CC2)cc1.Cc1ccc(CN2CCN(C(=N)N)CC2)cc1.O=S(=O)(O)O. The Hall–Kier alpha value is -3.23. The zero-order valence-electron chi connectivity index (χ0n) is 22.8. The van der Waals surface area contributed by atoms with Gasteiger partial charge in [-0.1, -0.05) is 59.7 Å². The van der Waals surface area contributed by atoms with Crippen molar-refractivity contribution < 1.29 is 17.5 Å². The molecular formula is C26H42N8O4S. The number of hydrogen-bond acceptors (Lipinski definition) is 6. The number of piperazine rings is 2. The largest absolute Gasteiger partial charge is 0.394 e. The summed E-state index contributed by atoms with van der Waals surface area (Å²) in [5.74, 6) is 0.389. The van der Waals surface area contributed by atoms with Gasteiger partial charge in [-0.05, 0) is 25.0 Å². The molecule has 2 saturated heterocycles. The summed E-state index contributed by atoms with van der Waals surface area (Å²) in [6, 6.07) is 17.4. The maximum atomic E-state index is 8.74. The molecule has 0 radical (unpaired) electrons. The molecule has 13 heteroatoms. The van der Waals surface area contributed by atoms with Crippen LogP contribution in [0.15, 0.2) is 48.5 Å². The van der Waals surface area contributed by atoms with Crippen LogP contribution in [-0.4, -0.2) is 101 Å². The lowest BCUT2D eigenvalue weighted by Gasteiger charge is -2.34. The fraction of sp³-hybridized carbons (Fsp3) is 0.462. The highest BCUT2D eigenvalue weighted by molar-refractivity contribution is 7.79. The van der Waals surface area contributed by atoms with E-state index < -0.39 is 10.4 Å². The number of benzene rings is 2. The number of nitrogens with zero attached hydrogens (tertiary/aromatic N) is 4. The van der Waals surface area contributed by atoms with Gasteiger partial charge in [0, 0.05) is 65.4 Å². The van der Waals surface area contributed by atoms with Crippen molar-refractivity contribution in [2.45, 2.75) is 26.9 Å². The molecule has 0 aliphatic carbocycles. The lowest BCUT2D eigenvalue weighted by atomic mass is 10.1. The Bertz CT molecular complexity index is 1060. The average Bonchev–Trinajstić information content (AvgIpc) is 2.87. The zero-order valence-corrected chi connectivity index (χ0v) is 23.6. The quantitative estimate of drug-likeness (QED) is 0.180. The zero-order chi connectivity index (χ0) is 29.0. The molecule has 0 aromatic heterocycles. The monoisotopic (exact) mass is 562 g/mol. The van der Waals surface area contributed by atoms with E-state index in [-0.39, 0.29) is 11.9 Å². The van der Waals surface area contributed by atoms with Gasteiger partial charge in [-0.2, -0.15) is 8.42 Å². The van der Waals surface area contributed by atoms with Crippen molar-refractivity contribution in [1.82, 2.24) is 19.6 Å². The lowest BCUT2D eigenvalue weighted by Crippen LogP contribution is -2.50. The second-order valence-corrected chi connectivity index (χ2v) is 10.6. The lowest BCUT2D eigenvalue weighted by molar-refractivity contribution is 0.174. The molecule has 0 atom stereocenters. The summed E-state index contributed by atoms with van der Waals surface area (Å²) in [6.45, 7) is 13.6. The van der Waals surface area contributed by atoms with Crippen LogP contribution in [0.25, 0.3) is 0 Å². The molecule has 2 aliphatic rings. The van der Waals surface area contributed by atoms with Gasteiger partial charge in [-0.3, -0.25) is 29.7 Å². The summed E-state index contributed by atoms with van der Waals surface area (Å²) in [5, 5.41) is 14.8. The predicted octanol–water partition coefficient (Wildman–Crippen LogP) is 1.36. The van der Waals surface area contributed by atoms with E-state index in [1.807, 2.05) is 9.80 Å². The molecular weight excluding hydrogens is 520 g/mol. The minimum atomic E-state index is -4.67. The first-order chi connectivity index (χ1) is 18.3. The molecule has 2 fully saturated rings. The fourth-order valence-corrected chi connectivity index (χ4v) is 4.20. The first-order valence-electron chi connectivity index (χ1n) is 12.7. The molecule has 8 N–H and O–H groups in total. The number of hydrogen-bond donors (Lipinski definition) is 6. The van der Waals surface area contributed by atoms with E-state index in [0.29, 0.717) is 0 Å². The first kappa shape index (κ1) is 32.0. The molecule has 0 spiro atoms. The van der Waals surface area contributed by atoms with Crippen molar-refractivity contribution >= 4 is 22.3 Å². The molecule has 2 heterocycles. The summed E-state index contributed by atoms with van der Waals surface area (Å²) >= 11 is 0. The van der Waals surface area contributed by atoms with Gasteiger partial charge in [0.25, 0.3) is 0 Å². The minimum Gasteiger partial charge on any atom is -0.370 e. The van der Waals surface area contributed by atoms with Gasteiger partial charge in [0.1, 0.15) is 0 Å². The van der Waals surface area contributed by atoms with Crippen LogP contribution in [-0.2, 0) is 23.5 Å². The first-order valence-corrected chi connectivity index (χ1v) is 14.1. The fourth-order valence-electron chi connectivity index (χ4n) is 4.20. The highest BCUT2D eigenvalue weighted by Crippen LogP contribution is 2.10. The third-order valence-electron chi connectivity index (χ3n) is 6.48. The molecule has 4 rings (SSSR count). The van der Waals surface area contributed by atoms with E-state index in [0.717, 1.165) is 65.4 Å². The van der Waals surface area contributed by atoms with Gasteiger partial charge in [-0.25, -0.2) is 0 Å². The van der Waals surface area contributed by atoms with E-state index in [9.17, 15) is 0 Å². The molecule has 2 aromatic rings. The third-order valence-corrected chi connectivity index (χ3v) is 6.48. The Balaban J connectivity index is 0.000000234. The molecule has 2 aliphatic heterocycles. The molecule has 39 heavy (non-hydrogen) atoms. The van der Waals surface area contributed by atoms with Crippen molar-refractivity contribution in [3.05, 3.63) is 70.8 Å². The van der Waals surface area contributed by atoms with Crippen LogP contribution >= 0.6 is 0 Å². The molecule has 0 bridgehead atoms. The van der Waals surface area contributed by atoms with E-state index >= 15 is 0 Å². The van der Waals surface area contributed by atoms with Crippen LogP contribution in [0, 0.1) is 24.7 Å². The maximum absolute atomic E-state index is 8.74. The van der Waals surface area contributed by atoms with Gasteiger partial charge in [0.05, 0.1) is 0 Å². The molecule has 0 saturated carbocycles. The number of rotatable bonds is 4. The molecule has 0 amide bonds. The van der Waals surface area contributed by atoms with Crippen LogP contribution in [0.1, 0.15) is 22.3 Å². The van der Waals surface area contributed by atoms with Crippen molar-refractivity contribution in [2.24, 2.45) is 11.5 Å². The minimum absolute atomic E-state index is 0.194. The highest BCUT2D eigenvalue weighted by atomic mass is 32.3. The number of nitrogens with one attached hydrogen (secondary N) is 2. The normalized spacial score (nSPS) is 16.4. The van der Waals surface area contributed by atoms with Crippen LogP contribution in [0.2, 0.25) is 0 Å². The van der Waals surface area contributed by atoms with Gasteiger partial charge in [-0.15, -0.1) is 0 Å². The van der Waals surface area contributed by atoms with Gasteiger partial charge >= 0.3 is 10.4 Å². The average molecular weight is 563 g/mol. The summed E-state index contributed by atoms with van der Waals surface area (Å²) in [7, 11) is -4.67. The van der Waals surface area contributed by atoms with Gasteiger partial charge in [0.2, 0.25) is 0 Å². The number of guanidine groups is 2. The van der Waals surface area contributed by atoms with E-state index in [1.165, 1.54) is 22.3 Å². The Kier molecular flexibility index (Phi) is 12.6. The van der Waals surface area contributed by atoms with Crippen molar-refractivity contribution in [3.8, 4) is 0 Å². The number of nitrogens with two attached hydrogens (primary N) is 2. The van der Waals surface area contributed by atoms with Crippen molar-refractivity contribution in [3.63, 3.8) is 0 Å². The molecule has 0 unspecified atom stereocenters. The summed E-state index contributed by atoms with van der Waals surface area (Å²) < 4.78 is 31.6. The molecule has 12 nitrogen and oxygen atoms in total. The number of aryl methyl sites for hydroxylation is 2. The smallest absolute Gasteiger partial charge is 0.370 e. The van der Waals surface area contributed by atoms with Gasteiger partial charge in [0.15, 0.2) is 11.9 Å². The van der Waals surface area contributed by atoms with E-state index in [1.54, 1.807) is 0 Å². The Labute approximate surface area is 231 Å². The van der Waals surface area contributed by atoms with Crippen molar-refractivity contribution in [2.75, 3.05) is 52.4 Å². The van der Waals surface area contributed by atoms with Crippen LogP contribution in [0.4, 0.5) is 0 Å². The van der Waals surface area contributed by atoms with Crippen LogP contribution in [0.3, 0.4) is 0 Å². The van der Waals surface area contributed by atoms with E-state index in [4.69, 9.17) is 39.8 Å². The Morgan fingerprint density at radius 2 is 0.923 bits per heavy atom. The van der Waals surface area contributed by atoms with Crippen molar-refractivity contribution in [1.29, 1.82) is 10.8 Å². The Morgan fingerprint density at radius 1 is 0.667 bits per heavy atom. The highest BCUT2D eigenvalue weighted by Gasteiger charge is 2.18. The van der Waals surface area contributed by atoms with Crippen LogP contribution in [0.5, 0.6) is 0 Å². The second kappa shape index (κ2) is 15.4. The third kappa shape index (κ3) is 13.4. The summed E-state index contributed by atoms with van der Waals surface area (Å²) in [5.41, 5.74) is 16.3. The summed E-state index contributed by atoms with van der Waals surface area (Å²) in [4.78, 5) is 8.66. The van der Waals surface area contributed by atoms with Crippen LogP contribution < -0.4 is 11.5 Å². The summed E-state index contributed by atoms with van der Waals surface area (Å²) in [6.07, 6.45) is 0. The Morgan fingerprint density at radius 3 is 1.15 bits per heavy atom. The van der Waals surface area contributed by atoms with Gasteiger partial charge < -0.3 is 21.3 Å². The molecule has 2 aromatic carbocycles.